The molecule has 1 aromatic heterocycles. The minimum absolute atomic E-state index is 0.130. The molecule has 1 saturated heterocycles. The van der Waals surface area contributed by atoms with E-state index in [9.17, 15) is 13.9 Å². The van der Waals surface area contributed by atoms with Crippen LogP contribution in [0.2, 0.25) is 0 Å². The predicted molar refractivity (Wildman–Crippen MR) is 104 cm³/mol. The number of nitrogens with one attached hydrogen (secondary N) is 1. The zero-order valence-corrected chi connectivity index (χ0v) is 16.5. The summed E-state index contributed by atoms with van der Waals surface area (Å²) in [5, 5.41) is 18.7. The van der Waals surface area contributed by atoms with Crippen LogP contribution >= 0.6 is 23.9 Å². The lowest BCUT2D eigenvalue weighted by atomic mass is 10.2. The highest BCUT2D eigenvalue weighted by atomic mass is 32.2. The number of hydrogen-bond donors (Lipinski definition) is 3. The second-order valence-corrected chi connectivity index (χ2v) is 7.84. The summed E-state index contributed by atoms with van der Waals surface area (Å²) < 4.78 is 37.8. The van der Waals surface area contributed by atoms with Gasteiger partial charge < -0.3 is 19.7 Å². The van der Waals surface area contributed by atoms with Crippen molar-refractivity contribution in [3.8, 4) is 5.88 Å². The fourth-order valence-electron chi connectivity index (χ4n) is 2.12. The maximum absolute atomic E-state index is 13.8. The van der Waals surface area contributed by atoms with Crippen LogP contribution in [0.1, 0.15) is 12.0 Å². The van der Waals surface area contributed by atoms with E-state index in [2.05, 4.69) is 19.0 Å². The maximum Gasteiger partial charge on any atom is 0.219 e. The van der Waals surface area contributed by atoms with Crippen LogP contribution < -0.4 is 9.46 Å². The van der Waals surface area contributed by atoms with Gasteiger partial charge in [-0.1, -0.05) is 23.9 Å². The fraction of sp³-hybridized carbons (Fsp3) is 0.412. The molecular weight excluding hydrogens is 410 g/mol. The minimum Gasteiger partial charge on any atom is -0.475 e. The lowest BCUT2D eigenvalue weighted by Gasteiger charge is -2.28. The second-order valence-electron chi connectivity index (χ2n) is 6.00. The van der Waals surface area contributed by atoms with Crippen LogP contribution in [0.4, 0.5) is 14.6 Å². The van der Waals surface area contributed by atoms with Gasteiger partial charge in [0.05, 0.1) is 6.61 Å². The van der Waals surface area contributed by atoms with Crippen LogP contribution in [-0.4, -0.2) is 56.9 Å². The van der Waals surface area contributed by atoms with Gasteiger partial charge in [-0.05, 0) is 12.5 Å². The zero-order chi connectivity index (χ0) is 19.9. The van der Waals surface area contributed by atoms with E-state index in [0.717, 1.165) is 37.3 Å². The number of halogens is 2. The molecule has 1 aliphatic rings. The largest absolute Gasteiger partial charge is 0.475 e. The van der Waals surface area contributed by atoms with Crippen LogP contribution in [0.25, 0.3) is 0 Å². The summed E-state index contributed by atoms with van der Waals surface area (Å²) in [6, 6.07) is 5.59. The highest BCUT2D eigenvalue weighted by molar-refractivity contribution is 7.98. The fourth-order valence-corrected chi connectivity index (χ4v) is 3.71. The molecule has 0 aliphatic carbocycles. The summed E-state index contributed by atoms with van der Waals surface area (Å²) in [6.45, 7) is 1.40. The molecule has 0 unspecified atom stereocenters. The van der Waals surface area contributed by atoms with Gasteiger partial charge in [-0.25, -0.2) is 18.1 Å². The molecule has 1 atom stereocenters. The number of hydrogen-bond acceptors (Lipinski definition) is 9. The van der Waals surface area contributed by atoms with Crippen molar-refractivity contribution >= 4 is 29.7 Å². The molecule has 0 bridgehead atoms. The van der Waals surface area contributed by atoms with Gasteiger partial charge in [-0.2, -0.15) is 4.98 Å². The molecule has 28 heavy (non-hydrogen) atoms. The van der Waals surface area contributed by atoms with Crippen molar-refractivity contribution < 1.29 is 23.7 Å². The van der Waals surface area contributed by atoms with Gasteiger partial charge in [0.15, 0.2) is 16.8 Å². The number of ether oxygens (including phenoxy) is 1. The van der Waals surface area contributed by atoms with E-state index in [4.69, 9.17) is 9.84 Å². The van der Waals surface area contributed by atoms with Crippen molar-refractivity contribution in [2.45, 2.75) is 23.4 Å². The second kappa shape index (κ2) is 10.2. The van der Waals surface area contributed by atoms with Gasteiger partial charge in [0.1, 0.15) is 18.5 Å². The van der Waals surface area contributed by atoms with Crippen molar-refractivity contribution in [1.82, 2.24) is 14.3 Å². The van der Waals surface area contributed by atoms with Crippen molar-refractivity contribution in [3.05, 3.63) is 41.5 Å². The van der Waals surface area contributed by atoms with Crippen molar-refractivity contribution in [2.75, 3.05) is 31.0 Å². The molecule has 7 nitrogen and oxygen atoms in total. The Morgan fingerprint density at radius 1 is 1.29 bits per heavy atom. The van der Waals surface area contributed by atoms with Gasteiger partial charge >= 0.3 is 0 Å². The van der Waals surface area contributed by atoms with Crippen LogP contribution in [0, 0.1) is 11.6 Å². The molecule has 3 rings (SSSR count). The quantitative estimate of drug-likeness (QED) is 0.299. The molecule has 1 fully saturated rings. The Morgan fingerprint density at radius 3 is 2.82 bits per heavy atom. The van der Waals surface area contributed by atoms with Crippen LogP contribution in [0.3, 0.4) is 0 Å². The first kappa shape index (κ1) is 21.1. The van der Waals surface area contributed by atoms with E-state index in [1.54, 1.807) is 6.07 Å². The molecule has 2 heterocycles. The maximum atomic E-state index is 13.8. The first-order valence-corrected chi connectivity index (χ1v) is 10.4. The number of thioether (sulfide) groups is 1. The van der Waals surface area contributed by atoms with Gasteiger partial charge in [0.25, 0.3) is 0 Å². The Morgan fingerprint density at radius 2 is 2.11 bits per heavy atom. The van der Waals surface area contributed by atoms with E-state index in [-0.39, 0.29) is 23.8 Å². The topological polar surface area (TPSA) is 90.7 Å². The molecule has 2 aromatic rings. The number of anilines is 1. The molecule has 3 N–H and O–H groups in total. The lowest BCUT2D eigenvalue weighted by molar-refractivity contribution is 0.0518. The summed E-state index contributed by atoms with van der Waals surface area (Å²) in [6.07, 6.45) is 0.117. The molecule has 0 radical (unpaired) electrons. The van der Waals surface area contributed by atoms with Gasteiger partial charge in [0.2, 0.25) is 5.88 Å². The zero-order valence-electron chi connectivity index (χ0n) is 14.8. The van der Waals surface area contributed by atoms with E-state index >= 15 is 0 Å². The van der Waals surface area contributed by atoms with Gasteiger partial charge in [-0.3, -0.25) is 0 Å². The smallest absolute Gasteiger partial charge is 0.219 e. The Hall–Kier alpha value is -1.66. The van der Waals surface area contributed by atoms with Crippen LogP contribution in [0.5, 0.6) is 5.88 Å². The summed E-state index contributed by atoms with van der Waals surface area (Å²) in [5.41, 5.74) is 0.208. The summed E-state index contributed by atoms with van der Waals surface area (Å²) in [7, 11) is 0. The number of aliphatic hydroxyl groups excluding tert-OH is 2. The highest BCUT2D eigenvalue weighted by Crippen LogP contribution is 2.27. The molecule has 152 valence electrons. The Labute approximate surface area is 169 Å². The normalized spacial score (nSPS) is 15.1. The number of nitrogens with zero attached hydrogens (tertiary/aromatic N) is 3. The summed E-state index contributed by atoms with van der Waals surface area (Å²) in [4.78, 5) is 8.59. The van der Waals surface area contributed by atoms with Crippen molar-refractivity contribution in [3.63, 3.8) is 0 Å². The molecule has 0 spiro atoms. The van der Waals surface area contributed by atoms with Crippen molar-refractivity contribution in [2.24, 2.45) is 0 Å². The highest BCUT2D eigenvalue weighted by Gasteiger charge is 2.16. The van der Waals surface area contributed by atoms with Crippen LogP contribution in [-0.2, 0) is 5.75 Å². The van der Waals surface area contributed by atoms with Crippen molar-refractivity contribution in [1.29, 1.82) is 0 Å². The SMILES string of the molecule is OC[C@@H](O)COc1cc(NSN2CCC2)nc(SCc2cccc(F)c2F)n1. The minimum atomic E-state index is -1.03. The number of benzene rings is 1. The average Bonchev–Trinajstić information content (AvgIpc) is 2.66. The summed E-state index contributed by atoms with van der Waals surface area (Å²) >= 11 is 2.55. The third-order valence-corrected chi connectivity index (χ3v) is 5.62. The van der Waals surface area contributed by atoms with E-state index in [1.165, 1.54) is 24.3 Å². The van der Waals surface area contributed by atoms with Gasteiger partial charge in [0, 0.05) is 42.6 Å². The first-order chi connectivity index (χ1) is 13.5. The van der Waals surface area contributed by atoms with Gasteiger partial charge in [-0.15, -0.1) is 0 Å². The molecular formula is C17H20F2N4O3S2. The monoisotopic (exact) mass is 430 g/mol. The van der Waals surface area contributed by atoms with E-state index < -0.39 is 24.3 Å². The standard InChI is InChI=1S/C17H20F2N4O3S2/c18-13-4-1-3-11(16(13)19)10-27-17-20-14(22-28-23-5-2-6-23)7-15(21-17)26-9-12(25)8-24/h1,3-4,7,12,24-25H,2,5-6,8-10H2,(H,20,21,22)/t12-/m1/s1. The Kier molecular flexibility index (Phi) is 7.68. The number of aliphatic hydroxyl groups is 2. The molecule has 0 amide bonds. The number of aromatic nitrogens is 2. The predicted octanol–water partition coefficient (Wildman–Crippen LogP) is 2.46. The first-order valence-electron chi connectivity index (χ1n) is 8.59. The Bertz CT molecular complexity index is 772. The van der Waals surface area contributed by atoms with E-state index in [0.29, 0.717) is 11.0 Å². The Balaban J connectivity index is 1.70. The lowest BCUT2D eigenvalue weighted by Crippen LogP contribution is -2.31. The molecule has 1 aliphatic heterocycles. The molecule has 0 saturated carbocycles. The molecule has 11 heteroatoms. The molecule has 1 aromatic carbocycles. The number of rotatable bonds is 10. The third kappa shape index (κ3) is 5.92. The third-order valence-electron chi connectivity index (χ3n) is 3.80. The summed E-state index contributed by atoms with van der Waals surface area (Å²) in [5.74, 6) is -0.952. The van der Waals surface area contributed by atoms with Crippen LogP contribution in [0.15, 0.2) is 29.4 Å². The average molecular weight is 431 g/mol. The van der Waals surface area contributed by atoms with E-state index in [1.807, 2.05) is 0 Å².